The van der Waals surface area contributed by atoms with E-state index in [-0.39, 0.29) is 5.91 Å². The summed E-state index contributed by atoms with van der Waals surface area (Å²) in [5, 5.41) is 2.96. The quantitative estimate of drug-likeness (QED) is 0.560. The van der Waals surface area contributed by atoms with Gasteiger partial charge in [0.15, 0.2) is 5.82 Å². The van der Waals surface area contributed by atoms with E-state index in [1.54, 1.807) is 24.5 Å². The molecule has 6 nitrogen and oxygen atoms in total. The summed E-state index contributed by atoms with van der Waals surface area (Å²) in [4.78, 5) is 30.3. The van der Waals surface area contributed by atoms with E-state index in [2.05, 4.69) is 20.3 Å². The molecular formula is C23H21N5O. The van der Waals surface area contributed by atoms with E-state index in [0.717, 1.165) is 44.8 Å². The molecule has 6 heteroatoms. The molecule has 4 rings (SSSR count). The number of aromatic nitrogens is 4. The zero-order chi connectivity index (χ0) is 20.5. The van der Waals surface area contributed by atoms with Crippen molar-refractivity contribution in [1.82, 2.24) is 19.9 Å². The van der Waals surface area contributed by atoms with Crippen LogP contribution in [0.3, 0.4) is 0 Å². The molecule has 0 radical (unpaired) electrons. The van der Waals surface area contributed by atoms with E-state index in [1.807, 2.05) is 52.0 Å². The van der Waals surface area contributed by atoms with E-state index >= 15 is 0 Å². The fraction of sp³-hybridized carbons (Fsp3) is 0.174. The number of anilines is 1. The fourth-order valence-corrected chi connectivity index (χ4v) is 3.31. The van der Waals surface area contributed by atoms with Gasteiger partial charge in [-0.2, -0.15) is 0 Å². The average Bonchev–Trinajstić information content (AvgIpc) is 2.69. The van der Waals surface area contributed by atoms with E-state index < -0.39 is 0 Å². The molecule has 0 fully saturated rings. The minimum atomic E-state index is -0.162. The Bertz CT molecular complexity index is 1250. The van der Waals surface area contributed by atoms with Crippen molar-refractivity contribution >= 4 is 22.6 Å². The average molecular weight is 383 g/mol. The largest absolute Gasteiger partial charge is 0.322 e. The maximum absolute atomic E-state index is 12.5. The molecule has 0 unspecified atom stereocenters. The van der Waals surface area contributed by atoms with E-state index in [1.165, 1.54) is 0 Å². The summed E-state index contributed by atoms with van der Waals surface area (Å²) in [6.07, 6.45) is 3.39. The number of pyridine rings is 2. The molecule has 3 aromatic heterocycles. The number of nitrogens with one attached hydrogen (secondary N) is 1. The molecule has 0 saturated heterocycles. The van der Waals surface area contributed by atoms with Gasteiger partial charge in [0.25, 0.3) is 5.91 Å². The summed E-state index contributed by atoms with van der Waals surface area (Å²) in [6, 6.07) is 11.3. The summed E-state index contributed by atoms with van der Waals surface area (Å²) in [5.74, 6) is 0.474. The topological polar surface area (TPSA) is 80.7 Å². The number of hydrogen-bond donors (Lipinski definition) is 1. The van der Waals surface area contributed by atoms with Gasteiger partial charge in [-0.3, -0.25) is 9.78 Å². The first kappa shape index (κ1) is 18.7. The van der Waals surface area contributed by atoms with Crippen molar-refractivity contribution < 1.29 is 4.79 Å². The molecule has 0 saturated carbocycles. The predicted molar refractivity (Wildman–Crippen MR) is 114 cm³/mol. The number of fused-ring (bicyclic) bond motifs is 1. The lowest BCUT2D eigenvalue weighted by Gasteiger charge is -2.11. The second-order valence-corrected chi connectivity index (χ2v) is 7.18. The fourth-order valence-electron chi connectivity index (χ4n) is 3.31. The third-order valence-corrected chi connectivity index (χ3v) is 4.76. The third kappa shape index (κ3) is 3.82. The van der Waals surface area contributed by atoms with E-state index in [4.69, 9.17) is 4.98 Å². The third-order valence-electron chi connectivity index (χ3n) is 4.76. The molecule has 0 atom stereocenters. The zero-order valence-corrected chi connectivity index (χ0v) is 16.8. The SMILES string of the molecule is Cc1cc(C(=O)Nc2ccc(-c3ncc4nc(C)cc(C)c4n3)cc2C)ccn1. The maximum atomic E-state index is 12.5. The first-order valence-electron chi connectivity index (χ1n) is 9.37. The number of aryl methyl sites for hydroxylation is 4. The Morgan fingerprint density at radius 2 is 1.69 bits per heavy atom. The molecule has 3 heterocycles. The Balaban J connectivity index is 1.63. The summed E-state index contributed by atoms with van der Waals surface area (Å²) >= 11 is 0. The Morgan fingerprint density at radius 1 is 0.862 bits per heavy atom. The van der Waals surface area contributed by atoms with Gasteiger partial charge in [0.1, 0.15) is 5.52 Å². The van der Waals surface area contributed by atoms with E-state index in [9.17, 15) is 4.79 Å². The zero-order valence-electron chi connectivity index (χ0n) is 16.8. The van der Waals surface area contributed by atoms with Gasteiger partial charge in [0.2, 0.25) is 0 Å². The van der Waals surface area contributed by atoms with Crippen LogP contribution < -0.4 is 5.32 Å². The van der Waals surface area contributed by atoms with Crippen molar-refractivity contribution in [3.63, 3.8) is 0 Å². The summed E-state index contributed by atoms with van der Waals surface area (Å²) < 4.78 is 0. The predicted octanol–water partition coefficient (Wildman–Crippen LogP) is 4.57. The van der Waals surface area contributed by atoms with Gasteiger partial charge in [-0.05, 0) is 75.2 Å². The molecule has 0 aliphatic heterocycles. The summed E-state index contributed by atoms with van der Waals surface area (Å²) in [6.45, 7) is 7.80. The van der Waals surface area contributed by atoms with E-state index in [0.29, 0.717) is 11.4 Å². The van der Waals surface area contributed by atoms with Gasteiger partial charge in [0, 0.05) is 34.4 Å². The lowest BCUT2D eigenvalue weighted by molar-refractivity contribution is 0.102. The molecule has 0 aliphatic rings. The van der Waals surface area contributed by atoms with Crippen molar-refractivity contribution in [3.05, 3.63) is 76.9 Å². The van der Waals surface area contributed by atoms with Crippen LogP contribution in [0, 0.1) is 27.7 Å². The van der Waals surface area contributed by atoms with Crippen molar-refractivity contribution in [3.8, 4) is 11.4 Å². The second-order valence-electron chi connectivity index (χ2n) is 7.18. The van der Waals surface area contributed by atoms with Crippen molar-refractivity contribution in [2.24, 2.45) is 0 Å². The van der Waals surface area contributed by atoms with Crippen LogP contribution in [0.1, 0.15) is 32.9 Å². The van der Waals surface area contributed by atoms with Crippen LogP contribution in [0.25, 0.3) is 22.4 Å². The highest BCUT2D eigenvalue weighted by Gasteiger charge is 2.11. The van der Waals surface area contributed by atoms with Crippen molar-refractivity contribution in [2.45, 2.75) is 27.7 Å². The van der Waals surface area contributed by atoms with Gasteiger partial charge in [-0.1, -0.05) is 0 Å². The first-order valence-corrected chi connectivity index (χ1v) is 9.37. The lowest BCUT2D eigenvalue weighted by atomic mass is 10.1. The van der Waals surface area contributed by atoms with Crippen molar-refractivity contribution in [1.29, 1.82) is 0 Å². The standard InChI is InChI=1S/C23H21N5O/c1-13-10-17(22-25-12-20-21(28-22)14(2)9-16(4)26-20)5-6-19(13)27-23(29)18-7-8-24-15(3)11-18/h5-12H,1-4H3,(H,27,29). The van der Waals surface area contributed by atoms with Crippen LogP contribution in [0.5, 0.6) is 0 Å². The van der Waals surface area contributed by atoms with Crippen LogP contribution in [-0.2, 0) is 0 Å². The van der Waals surface area contributed by atoms with Crippen LogP contribution in [0.4, 0.5) is 5.69 Å². The number of amides is 1. The number of rotatable bonds is 3. The Morgan fingerprint density at radius 3 is 2.45 bits per heavy atom. The van der Waals surface area contributed by atoms with Gasteiger partial charge in [0.05, 0.1) is 11.7 Å². The van der Waals surface area contributed by atoms with Gasteiger partial charge < -0.3 is 5.32 Å². The summed E-state index contributed by atoms with van der Waals surface area (Å²) in [5.41, 5.74) is 7.63. The van der Waals surface area contributed by atoms with Crippen LogP contribution >= 0.6 is 0 Å². The molecule has 4 aromatic rings. The van der Waals surface area contributed by atoms with Gasteiger partial charge in [-0.25, -0.2) is 15.0 Å². The molecule has 0 bridgehead atoms. The molecular weight excluding hydrogens is 362 g/mol. The molecule has 0 spiro atoms. The van der Waals surface area contributed by atoms with Crippen LogP contribution in [0.15, 0.2) is 48.8 Å². The molecule has 1 amide bonds. The minimum Gasteiger partial charge on any atom is -0.322 e. The number of hydrogen-bond acceptors (Lipinski definition) is 5. The summed E-state index contributed by atoms with van der Waals surface area (Å²) in [7, 11) is 0. The Hall–Kier alpha value is -3.67. The highest BCUT2D eigenvalue weighted by Crippen LogP contribution is 2.25. The molecule has 29 heavy (non-hydrogen) atoms. The monoisotopic (exact) mass is 383 g/mol. The lowest BCUT2D eigenvalue weighted by Crippen LogP contribution is -2.13. The normalized spacial score (nSPS) is 10.9. The highest BCUT2D eigenvalue weighted by atomic mass is 16.1. The van der Waals surface area contributed by atoms with Gasteiger partial charge in [-0.15, -0.1) is 0 Å². The number of carbonyl (C=O) groups excluding carboxylic acids is 1. The van der Waals surface area contributed by atoms with Crippen molar-refractivity contribution in [2.75, 3.05) is 5.32 Å². The number of nitrogens with zero attached hydrogens (tertiary/aromatic N) is 4. The first-order chi connectivity index (χ1) is 13.9. The molecule has 1 N–H and O–H groups in total. The molecule has 1 aromatic carbocycles. The Labute approximate surface area is 169 Å². The molecule has 0 aliphatic carbocycles. The number of carbonyl (C=O) groups is 1. The van der Waals surface area contributed by atoms with Crippen LogP contribution in [-0.4, -0.2) is 25.8 Å². The number of benzene rings is 1. The Kier molecular flexibility index (Phi) is 4.76. The van der Waals surface area contributed by atoms with Gasteiger partial charge >= 0.3 is 0 Å². The minimum absolute atomic E-state index is 0.162. The highest BCUT2D eigenvalue weighted by molar-refractivity contribution is 6.04. The second kappa shape index (κ2) is 7.39. The molecule has 144 valence electrons. The van der Waals surface area contributed by atoms with Crippen LogP contribution in [0.2, 0.25) is 0 Å². The maximum Gasteiger partial charge on any atom is 0.255 e. The smallest absolute Gasteiger partial charge is 0.255 e.